The molecule has 0 aromatic heterocycles. The lowest BCUT2D eigenvalue weighted by atomic mass is 9.63. The van der Waals surface area contributed by atoms with Gasteiger partial charge >= 0.3 is 5.97 Å². The molecule has 5 heteroatoms. The molecule has 0 N–H and O–H groups in total. The minimum atomic E-state index is -0.502. The maximum atomic E-state index is 13.2. The van der Waals surface area contributed by atoms with Crippen molar-refractivity contribution in [2.24, 2.45) is 35.5 Å². The van der Waals surface area contributed by atoms with Gasteiger partial charge in [-0.2, -0.15) is 0 Å². The summed E-state index contributed by atoms with van der Waals surface area (Å²) in [5, 5.41) is 0. The minimum absolute atomic E-state index is 0.156. The standard InChI is InChI=1S/C20H19NO4/c1-2-25-20(24)12-5-3-4-6-15(12)21-18(22)16-10-7-8-11(14-9-13(10)14)17(16)19(21)23/h3-8,10-11,13-14,16-17H,2,9H2,1H3/t10-,11-,13-,14+,16+,17+/m0/s1. The maximum Gasteiger partial charge on any atom is 0.340 e. The van der Waals surface area contributed by atoms with E-state index in [2.05, 4.69) is 12.2 Å². The lowest BCUT2D eigenvalue weighted by molar-refractivity contribution is -0.124. The predicted octanol–water partition coefficient (Wildman–Crippen LogP) is 2.42. The Bertz CT molecular complexity index is 793. The van der Waals surface area contributed by atoms with Crippen molar-refractivity contribution in [2.75, 3.05) is 11.5 Å². The monoisotopic (exact) mass is 337 g/mol. The number of ether oxygens (including phenoxy) is 1. The number of anilines is 1. The summed E-state index contributed by atoms with van der Waals surface area (Å²) in [6.45, 7) is 1.98. The van der Waals surface area contributed by atoms with E-state index in [-0.39, 0.29) is 47.7 Å². The van der Waals surface area contributed by atoms with Crippen LogP contribution in [0.1, 0.15) is 23.7 Å². The highest BCUT2D eigenvalue weighted by Gasteiger charge is 2.67. The second kappa shape index (κ2) is 5.04. The molecule has 1 saturated heterocycles. The molecule has 0 unspecified atom stereocenters. The molecule has 0 spiro atoms. The number of esters is 1. The van der Waals surface area contributed by atoms with Crippen molar-refractivity contribution >= 4 is 23.5 Å². The van der Waals surface area contributed by atoms with E-state index in [1.807, 2.05) is 0 Å². The Kier molecular flexibility index (Phi) is 3.00. The van der Waals surface area contributed by atoms with Crippen molar-refractivity contribution in [2.45, 2.75) is 13.3 Å². The van der Waals surface area contributed by atoms with Crippen LogP contribution in [0.25, 0.3) is 0 Å². The van der Waals surface area contributed by atoms with Gasteiger partial charge in [0.05, 0.1) is 29.7 Å². The van der Waals surface area contributed by atoms with Gasteiger partial charge in [0.15, 0.2) is 0 Å². The van der Waals surface area contributed by atoms with Gasteiger partial charge < -0.3 is 4.74 Å². The van der Waals surface area contributed by atoms with Crippen LogP contribution in [0.5, 0.6) is 0 Å². The summed E-state index contributed by atoms with van der Waals surface area (Å²) in [5.74, 6) is 0.141. The van der Waals surface area contributed by atoms with Crippen LogP contribution >= 0.6 is 0 Å². The van der Waals surface area contributed by atoms with Gasteiger partial charge in [-0.15, -0.1) is 0 Å². The van der Waals surface area contributed by atoms with Crippen LogP contribution < -0.4 is 4.90 Å². The molecule has 3 fully saturated rings. The predicted molar refractivity (Wildman–Crippen MR) is 89.6 cm³/mol. The van der Waals surface area contributed by atoms with Gasteiger partial charge in [-0.25, -0.2) is 9.69 Å². The molecule has 5 nitrogen and oxygen atoms in total. The highest BCUT2D eigenvalue weighted by molar-refractivity contribution is 6.24. The van der Waals surface area contributed by atoms with Crippen LogP contribution in [0.2, 0.25) is 0 Å². The Morgan fingerprint density at radius 1 is 1.08 bits per heavy atom. The summed E-state index contributed by atoms with van der Waals surface area (Å²) in [5.41, 5.74) is 0.633. The zero-order valence-corrected chi connectivity index (χ0v) is 13.9. The molecule has 1 aromatic carbocycles. The molecule has 6 atom stereocenters. The number of nitrogens with zero attached hydrogens (tertiary/aromatic N) is 1. The van der Waals surface area contributed by atoms with Crippen LogP contribution in [0, 0.1) is 35.5 Å². The molecule has 128 valence electrons. The van der Waals surface area contributed by atoms with Crippen LogP contribution in [0.3, 0.4) is 0 Å². The van der Waals surface area contributed by atoms with E-state index in [4.69, 9.17) is 4.74 Å². The number of para-hydroxylation sites is 1. The summed E-state index contributed by atoms with van der Waals surface area (Å²) in [6, 6.07) is 6.73. The molecule has 1 aromatic rings. The Morgan fingerprint density at radius 2 is 1.68 bits per heavy atom. The fraction of sp³-hybridized carbons (Fsp3) is 0.450. The number of imide groups is 1. The maximum absolute atomic E-state index is 13.2. The molecule has 25 heavy (non-hydrogen) atoms. The molecule has 1 heterocycles. The van der Waals surface area contributed by atoms with Gasteiger partial charge in [0.2, 0.25) is 11.8 Å². The number of rotatable bonds is 3. The molecule has 1 aliphatic heterocycles. The van der Waals surface area contributed by atoms with Crippen molar-refractivity contribution < 1.29 is 19.1 Å². The molecule has 0 radical (unpaired) electrons. The van der Waals surface area contributed by atoms with E-state index in [0.29, 0.717) is 17.5 Å². The summed E-state index contributed by atoms with van der Waals surface area (Å²) in [7, 11) is 0. The third-order valence-electron chi connectivity index (χ3n) is 6.30. The first-order valence-electron chi connectivity index (χ1n) is 8.95. The first-order chi connectivity index (χ1) is 12.1. The summed E-state index contributed by atoms with van der Waals surface area (Å²) in [6.07, 6.45) is 5.42. The molecule has 5 aliphatic rings. The topological polar surface area (TPSA) is 63.7 Å². The highest BCUT2D eigenvalue weighted by Crippen LogP contribution is 2.65. The molecule has 4 aliphatic carbocycles. The molecule has 2 bridgehead atoms. The van der Waals surface area contributed by atoms with Crippen molar-refractivity contribution in [3.8, 4) is 0 Å². The van der Waals surface area contributed by atoms with Gasteiger partial charge in [-0.1, -0.05) is 24.3 Å². The third kappa shape index (κ3) is 1.86. The van der Waals surface area contributed by atoms with Gasteiger partial charge in [-0.3, -0.25) is 9.59 Å². The van der Waals surface area contributed by atoms with E-state index < -0.39 is 5.97 Å². The molecule has 6 rings (SSSR count). The van der Waals surface area contributed by atoms with Gasteiger partial charge in [0.1, 0.15) is 0 Å². The largest absolute Gasteiger partial charge is 0.462 e. The highest BCUT2D eigenvalue weighted by atomic mass is 16.5. The number of hydrogen-bond donors (Lipinski definition) is 0. The van der Waals surface area contributed by atoms with E-state index in [1.54, 1.807) is 31.2 Å². The Balaban J connectivity index is 1.56. The second-order valence-corrected chi connectivity index (χ2v) is 7.40. The number of allylic oxidation sites excluding steroid dienone is 2. The van der Waals surface area contributed by atoms with E-state index in [1.165, 1.54) is 4.90 Å². The van der Waals surface area contributed by atoms with Crippen molar-refractivity contribution in [3.05, 3.63) is 42.0 Å². The lowest BCUT2D eigenvalue weighted by Gasteiger charge is -2.37. The number of amides is 2. The third-order valence-corrected chi connectivity index (χ3v) is 6.30. The number of hydrogen-bond acceptors (Lipinski definition) is 4. The normalized spacial score (nSPS) is 37.1. The molecule has 2 saturated carbocycles. The smallest absolute Gasteiger partial charge is 0.340 e. The quantitative estimate of drug-likeness (QED) is 0.483. The van der Waals surface area contributed by atoms with E-state index in [9.17, 15) is 14.4 Å². The minimum Gasteiger partial charge on any atom is -0.462 e. The Hall–Kier alpha value is -2.43. The van der Waals surface area contributed by atoms with Crippen molar-refractivity contribution in [1.82, 2.24) is 0 Å². The van der Waals surface area contributed by atoms with Gasteiger partial charge in [0, 0.05) is 0 Å². The van der Waals surface area contributed by atoms with E-state index >= 15 is 0 Å². The first-order valence-corrected chi connectivity index (χ1v) is 8.95. The van der Waals surface area contributed by atoms with Crippen LogP contribution in [-0.4, -0.2) is 24.4 Å². The summed E-state index contributed by atoms with van der Waals surface area (Å²) < 4.78 is 5.10. The molecule has 2 amide bonds. The van der Waals surface area contributed by atoms with Crippen molar-refractivity contribution in [3.63, 3.8) is 0 Å². The number of carbonyl (C=O) groups excluding carboxylic acids is 3. The average Bonchev–Trinajstić information content (AvgIpc) is 3.40. The van der Waals surface area contributed by atoms with E-state index in [0.717, 1.165) is 6.42 Å². The van der Waals surface area contributed by atoms with Gasteiger partial charge in [-0.05, 0) is 49.1 Å². The van der Waals surface area contributed by atoms with Crippen LogP contribution in [0.4, 0.5) is 5.69 Å². The van der Waals surface area contributed by atoms with Gasteiger partial charge in [0.25, 0.3) is 0 Å². The summed E-state index contributed by atoms with van der Waals surface area (Å²) >= 11 is 0. The molecular formula is C20H19NO4. The zero-order valence-electron chi connectivity index (χ0n) is 13.9. The fourth-order valence-electron chi connectivity index (χ4n) is 5.24. The summed E-state index contributed by atoms with van der Waals surface area (Å²) in [4.78, 5) is 39.8. The lowest BCUT2D eigenvalue weighted by Crippen LogP contribution is -2.40. The average molecular weight is 337 g/mol. The zero-order chi connectivity index (χ0) is 17.3. The van der Waals surface area contributed by atoms with Crippen LogP contribution in [-0.2, 0) is 14.3 Å². The molecular weight excluding hydrogens is 318 g/mol. The fourth-order valence-corrected chi connectivity index (χ4v) is 5.24. The SMILES string of the molecule is CCOC(=O)c1ccccc1N1C(=O)[C@@H]2[C@H]3C=C[C@@H]([C@@H]4C[C@H]34)[C@H]2C1=O. The Labute approximate surface area is 145 Å². The number of benzene rings is 1. The number of carbonyl (C=O) groups is 3. The van der Waals surface area contributed by atoms with Crippen molar-refractivity contribution in [1.29, 1.82) is 0 Å². The second-order valence-electron chi connectivity index (χ2n) is 7.40. The first kappa shape index (κ1) is 14.9. The Morgan fingerprint density at radius 3 is 2.28 bits per heavy atom. The van der Waals surface area contributed by atoms with Crippen LogP contribution in [0.15, 0.2) is 36.4 Å².